The van der Waals surface area contributed by atoms with Crippen molar-refractivity contribution < 1.29 is 20.5 Å². The standard InChI is InChI=1S/C38H40N6O4.H2/c1-38(2,3)28-15-17-29(18-16-28)48-30-8-6-7-24(19-30)23-44(37(47)26-13-11-25(12-14-26)35(40)41)33(36(46)43-22-34(39)45)20-27-21-42-32-10-5-4-9-31(27)32;/h4-19,21,33,42H,20,22-23H2,1-3H3,(H2,39,45)(H3,40,41)(H,43,46);1H. The summed E-state index contributed by atoms with van der Waals surface area (Å²) >= 11 is 0. The van der Waals surface area contributed by atoms with Gasteiger partial charge in [0.2, 0.25) is 11.8 Å². The fourth-order valence-electron chi connectivity index (χ4n) is 5.49. The fourth-order valence-corrected chi connectivity index (χ4v) is 5.49. The number of nitrogen functional groups attached to an aromatic ring is 1. The lowest BCUT2D eigenvalue weighted by Crippen LogP contribution is -2.51. The largest absolute Gasteiger partial charge is 0.457 e. The molecule has 1 atom stereocenters. The maximum Gasteiger partial charge on any atom is 0.254 e. The number of H-pyrrole nitrogens is 1. The van der Waals surface area contributed by atoms with Crippen LogP contribution in [0.3, 0.4) is 0 Å². The van der Waals surface area contributed by atoms with Crippen LogP contribution in [0, 0.1) is 5.41 Å². The van der Waals surface area contributed by atoms with Crippen molar-refractivity contribution in [3.05, 3.63) is 131 Å². The average molecular weight is 647 g/mol. The second-order valence-electron chi connectivity index (χ2n) is 12.7. The zero-order valence-corrected chi connectivity index (χ0v) is 27.2. The van der Waals surface area contributed by atoms with Gasteiger partial charge in [0.1, 0.15) is 23.4 Å². The number of para-hydroxylation sites is 1. The first-order valence-corrected chi connectivity index (χ1v) is 15.6. The maximum atomic E-state index is 14.3. The SMILES string of the molecule is CC(C)(C)c1ccc(Oc2cccc(CN(C(=O)c3ccc(C(=N)N)cc3)C(Cc3c[nH]c4ccccc34)C(=O)NCC(N)=O)c2)cc1.[HH]. The molecule has 248 valence electrons. The van der Waals surface area contributed by atoms with Gasteiger partial charge in [-0.05, 0) is 64.6 Å². The highest BCUT2D eigenvalue weighted by atomic mass is 16.5. The molecule has 10 heteroatoms. The molecule has 5 aromatic rings. The van der Waals surface area contributed by atoms with Crippen molar-refractivity contribution >= 4 is 34.5 Å². The van der Waals surface area contributed by atoms with E-state index in [9.17, 15) is 14.4 Å². The van der Waals surface area contributed by atoms with E-state index in [0.29, 0.717) is 22.6 Å². The number of hydrogen-bond donors (Lipinski definition) is 5. The van der Waals surface area contributed by atoms with Crippen molar-refractivity contribution in [2.75, 3.05) is 6.54 Å². The number of aromatic nitrogens is 1. The Morgan fingerprint density at radius 1 is 0.896 bits per heavy atom. The smallest absolute Gasteiger partial charge is 0.254 e. The number of carbonyl (C=O) groups excluding carboxylic acids is 3. The Morgan fingerprint density at radius 2 is 1.58 bits per heavy atom. The van der Waals surface area contributed by atoms with Crippen LogP contribution in [0.15, 0.2) is 103 Å². The van der Waals surface area contributed by atoms with E-state index < -0.39 is 23.8 Å². The minimum absolute atomic E-state index is 0. The van der Waals surface area contributed by atoms with Crippen molar-refractivity contribution in [3.8, 4) is 11.5 Å². The van der Waals surface area contributed by atoms with Gasteiger partial charge in [-0.2, -0.15) is 0 Å². The summed E-state index contributed by atoms with van der Waals surface area (Å²) in [4.78, 5) is 44.5. The van der Waals surface area contributed by atoms with E-state index in [2.05, 4.69) is 31.1 Å². The number of nitrogens with one attached hydrogen (secondary N) is 3. The van der Waals surface area contributed by atoms with Gasteiger partial charge in [0.05, 0.1) is 6.54 Å². The van der Waals surface area contributed by atoms with E-state index in [4.69, 9.17) is 21.6 Å². The third-order valence-electron chi connectivity index (χ3n) is 8.12. The summed E-state index contributed by atoms with van der Waals surface area (Å²) in [5.41, 5.74) is 15.4. The van der Waals surface area contributed by atoms with E-state index in [1.54, 1.807) is 24.3 Å². The topological polar surface area (TPSA) is 167 Å². The third-order valence-corrected chi connectivity index (χ3v) is 8.12. The summed E-state index contributed by atoms with van der Waals surface area (Å²) in [5.74, 6) is -0.541. The van der Waals surface area contributed by atoms with Crippen molar-refractivity contribution in [2.45, 2.75) is 45.2 Å². The van der Waals surface area contributed by atoms with Gasteiger partial charge in [-0.3, -0.25) is 19.8 Å². The van der Waals surface area contributed by atoms with Crippen molar-refractivity contribution in [1.82, 2.24) is 15.2 Å². The van der Waals surface area contributed by atoms with Gasteiger partial charge in [0.15, 0.2) is 0 Å². The molecule has 0 bridgehead atoms. The molecule has 1 unspecified atom stereocenters. The lowest BCUT2D eigenvalue weighted by Gasteiger charge is -2.31. The Bertz CT molecular complexity index is 1950. The Kier molecular flexibility index (Phi) is 9.93. The minimum Gasteiger partial charge on any atom is -0.457 e. The number of carbonyl (C=O) groups is 3. The molecule has 0 saturated heterocycles. The minimum atomic E-state index is -1.03. The number of nitrogens with zero attached hydrogens (tertiary/aromatic N) is 1. The number of nitrogens with two attached hydrogens (primary N) is 2. The molecule has 48 heavy (non-hydrogen) atoms. The van der Waals surface area contributed by atoms with Crippen LogP contribution in [0.1, 0.15) is 54.8 Å². The molecule has 0 aliphatic carbocycles. The molecule has 0 spiro atoms. The summed E-state index contributed by atoms with van der Waals surface area (Å²) in [6.45, 7) is 6.12. The van der Waals surface area contributed by atoms with Gasteiger partial charge in [-0.25, -0.2) is 0 Å². The van der Waals surface area contributed by atoms with E-state index in [0.717, 1.165) is 22.0 Å². The molecular weight excluding hydrogens is 604 g/mol. The quantitative estimate of drug-likeness (QED) is 0.0872. The lowest BCUT2D eigenvalue weighted by molar-refractivity contribution is -0.128. The van der Waals surface area contributed by atoms with Crippen LogP contribution >= 0.6 is 0 Å². The van der Waals surface area contributed by atoms with Crippen LogP contribution in [0.25, 0.3) is 10.9 Å². The van der Waals surface area contributed by atoms with Gasteiger partial charge in [0, 0.05) is 42.6 Å². The number of rotatable bonds is 12. The molecule has 5 rings (SSSR count). The van der Waals surface area contributed by atoms with E-state index in [1.165, 1.54) is 10.5 Å². The first-order chi connectivity index (χ1) is 22.9. The molecular formula is C38H42N6O4. The first kappa shape index (κ1) is 33.5. The highest BCUT2D eigenvalue weighted by Gasteiger charge is 2.32. The summed E-state index contributed by atoms with van der Waals surface area (Å²) in [6, 6.07) is 28.3. The number of primary amides is 1. The second kappa shape index (κ2) is 14.3. The summed E-state index contributed by atoms with van der Waals surface area (Å²) < 4.78 is 6.19. The van der Waals surface area contributed by atoms with Crippen molar-refractivity contribution in [1.29, 1.82) is 5.41 Å². The molecule has 4 aromatic carbocycles. The zero-order valence-electron chi connectivity index (χ0n) is 27.2. The number of benzene rings is 4. The highest BCUT2D eigenvalue weighted by Crippen LogP contribution is 2.29. The van der Waals surface area contributed by atoms with Crippen LogP contribution in [-0.4, -0.2) is 46.0 Å². The number of amidine groups is 1. The number of hydrogen-bond acceptors (Lipinski definition) is 5. The first-order valence-electron chi connectivity index (χ1n) is 15.6. The summed E-state index contributed by atoms with van der Waals surface area (Å²) in [6.07, 6.45) is 1.98. The molecule has 7 N–H and O–H groups in total. The molecule has 10 nitrogen and oxygen atoms in total. The van der Waals surface area contributed by atoms with Gasteiger partial charge in [0.25, 0.3) is 5.91 Å². The van der Waals surface area contributed by atoms with Gasteiger partial charge in [-0.1, -0.05) is 75.4 Å². The number of amides is 3. The highest BCUT2D eigenvalue weighted by molar-refractivity contribution is 6.00. The maximum absolute atomic E-state index is 14.3. The number of aromatic amines is 1. The van der Waals surface area contributed by atoms with Gasteiger partial charge in [-0.15, -0.1) is 0 Å². The van der Waals surface area contributed by atoms with Crippen molar-refractivity contribution in [3.63, 3.8) is 0 Å². The fraction of sp³-hybridized carbons (Fsp3) is 0.211. The number of fused-ring (bicyclic) bond motifs is 1. The molecule has 0 fully saturated rings. The molecule has 0 aliphatic rings. The van der Waals surface area contributed by atoms with E-state index in [-0.39, 0.29) is 32.2 Å². The van der Waals surface area contributed by atoms with Crippen LogP contribution in [0.5, 0.6) is 11.5 Å². The monoisotopic (exact) mass is 646 g/mol. The van der Waals surface area contributed by atoms with Crippen LogP contribution < -0.4 is 21.5 Å². The van der Waals surface area contributed by atoms with Gasteiger partial charge < -0.3 is 31.4 Å². The third kappa shape index (κ3) is 8.08. The van der Waals surface area contributed by atoms with Crippen molar-refractivity contribution in [2.24, 2.45) is 11.5 Å². The Labute approximate surface area is 281 Å². The molecule has 1 heterocycles. The molecule has 0 aliphatic heterocycles. The molecule has 1 aromatic heterocycles. The number of ether oxygens (including phenoxy) is 1. The lowest BCUT2D eigenvalue weighted by atomic mass is 9.87. The zero-order chi connectivity index (χ0) is 34.4. The van der Waals surface area contributed by atoms with Gasteiger partial charge >= 0.3 is 0 Å². The Balaban J connectivity index is 0.00000541. The normalized spacial score (nSPS) is 11.9. The predicted octanol–water partition coefficient (Wildman–Crippen LogP) is 5.64. The van der Waals surface area contributed by atoms with E-state index >= 15 is 0 Å². The molecule has 0 saturated carbocycles. The van der Waals surface area contributed by atoms with Crippen LogP contribution in [-0.2, 0) is 28.0 Å². The predicted molar refractivity (Wildman–Crippen MR) is 189 cm³/mol. The molecule has 3 amide bonds. The summed E-state index contributed by atoms with van der Waals surface area (Å²) in [5, 5.41) is 11.3. The van der Waals surface area contributed by atoms with Crippen LogP contribution in [0.2, 0.25) is 0 Å². The summed E-state index contributed by atoms with van der Waals surface area (Å²) in [7, 11) is 0. The average Bonchev–Trinajstić information content (AvgIpc) is 3.47. The second-order valence-corrected chi connectivity index (χ2v) is 12.7. The molecule has 0 radical (unpaired) electrons. The Morgan fingerprint density at radius 3 is 2.25 bits per heavy atom. The van der Waals surface area contributed by atoms with Crippen LogP contribution in [0.4, 0.5) is 0 Å². The van der Waals surface area contributed by atoms with E-state index in [1.807, 2.05) is 79.0 Å². The Hall–Kier alpha value is -5.90.